The summed E-state index contributed by atoms with van der Waals surface area (Å²) in [6.45, 7) is 6.17. The van der Waals surface area contributed by atoms with Gasteiger partial charge in [0.15, 0.2) is 5.78 Å². The molecule has 124 valence electrons. The molecule has 0 saturated carbocycles. The normalized spacial score (nSPS) is 26.2. The molecule has 2 rings (SSSR count). The number of benzene rings is 1. The van der Waals surface area contributed by atoms with Crippen molar-refractivity contribution >= 4 is 5.78 Å². The van der Waals surface area contributed by atoms with Gasteiger partial charge in [-0.15, -0.1) is 0 Å². The highest BCUT2D eigenvalue weighted by atomic mass is 16.3. The van der Waals surface area contributed by atoms with Gasteiger partial charge < -0.3 is 5.11 Å². The van der Waals surface area contributed by atoms with E-state index in [0.29, 0.717) is 18.8 Å². The third kappa shape index (κ3) is 5.18. The molecule has 1 N–H and O–H groups in total. The van der Waals surface area contributed by atoms with E-state index in [4.69, 9.17) is 0 Å². The van der Waals surface area contributed by atoms with E-state index < -0.39 is 6.10 Å². The number of carbonyl (C=O) groups is 1. The highest BCUT2D eigenvalue weighted by molar-refractivity contribution is 5.99. The third-order valence-electron chi connectivity index (χ3n) is 4.37. The number of hydrogen-bond donors (Lipinski definition) is 1. The van der Waals surface area contributed by atoms with Crippen LogP contribution in [0.1, 0.15) is 59.7 Å². The summed E-state index contributed by atoms with van der Waals surface area (Å²) in [4.78, 5) is 12.8. The van der Waals surface area contributed by atoms with Gasteiger partial charge in [-0.3, -0.25) is 4.79 Å². The molecule has 1 aromatic rings. The van der Waals surface area contributed by atoms with Crippen LogP contribution < -0.4 is 0 Å². The molecule has 0 saturated heterocycles. The van der Waals surface area contributed by atoms with Gasteiger partial charge in [0.2, 0.25) is 0 Å². The van der Waals surface area contributed by atoms with Crippen molar-refractivity contribution in [3.8, 4) is 0 Å². The molecule has 1 aromatic carbocycles. The van der Waals surface area contributed by atoms with Gasteiger partial charge in [-0.25, -0.2) is 0 Å². The van der Waals surface area contributed by atoms with Gasteiger partial charge in [-0.2, -0.15) is 0 Å². The lowest BCUT2D eigenvalue weighted by Crippen LogP contribution is -2.15. The van der Waals surface area contributed by atoms with Gasteiger partial charge in [0.05, 0.1) is 6.10 Å². The van der Waals surface area contributed by atoms with Gasteiger partial charge in [0, 0.05) is 18.4 Å². The molecule has 1 aliphatic rings. The van der Waals surface area contributed by atoms with Crippen molar-refractivity contribution in [1.29, 1.82) is 0 Å². The zero-order chi connectivity index (χ0) is 16.8. The minimum atomic E-state index is -0.535. The summed E-state index contributed by atoms with van der Waals surface area (Å²) in [7, 11) is 0. The van der Waals surface area contributed by atoms with Crippen LogP contribution in [0.4, 0.5) is 0 Å². The van der Waals surface area contributed by atoms with Gasteiger partial charge >= 0.3 is 0 Å². The van der Waals surface area contributed by atoms with Crippen molar-refractivity contribution in [2.45, 2.75) is 59.0 Å². The molecule has 2 unspecified atom stereocenters. The predicted octanol–water partition coefficient (Wildman–Crippen LogP) is 4.71. The number of ketones is 1. The van der Waals surface area contributed by atoms with Gasteiger partial charge in [0.1, 0.15) is 0 Å². The first-order valence-electron chi connectivity index (χ1n) is 8.60. The number of Topliss-reactive ketones (excluding diaryl/α,β-unsaturated/α-hetero) is 1. The molecule has 0 amide bonds. The van der Waals surface area contributed by atoms with Crippen LogP contribution in [0.2, 0.25) is 0 Å². The molecule has 0 fully saturated rings. The molecule has 0 aromatic heterocycles. The van der Waals surface area contributed by atoms with E-state index in [0.717, 1.165) is 41.5 Å². The average Bonchev–Trinajstić information content (AvgIpc) is 2.44. The maximum Gasteiger partial charge on any atom is 0.163 e. The molecule has 1 aliphatic carbocycles. The second-order valence-electron chi connectivity index (χ2n) is 6.83. The van der Waals surface area contributed by atoms with E-state index in [1.165, 1.54) is 0 Å². The minimum Gasteiger partial charge on any atom is -0.389 e. The third-order valence-corrected chi connectivity index (χ3v) is 4.37. The lowest BCUT2D eigenvalue weighted by Gasteiger charge is -2.17. The highest BCUT2D eigenvalue weighted by Gasteiger charge is 2.18. The number of aliphatic hydroxyl groups excluding tert-OH is 1. The molecular formula is C21H28O2. The van der Waals surface area contributed by atoms with E-state index in [1.54, 1.807) is 0 Å². The van der Waals surface area contributed by atoms with Crippen LogP contribution >= 0.6 is 0 Å². The summed E-state index contributed by atoms with van der Waals surface area (Å²) >= 11 is 0. The van der Waals surface area contributed by atoms with Crippen molar-refractivity contribution in [3.05, 3.63) is 58.7 Å². The lowest BCUT2D eigenvalue weighted by molar-refractivity contribution is 0.0963. The molecule has 2 atom stereocenters. The van der Waals surface area contributed by atoms with Crippen molar-refractivity contribution in [2.75, 3.05) is 0 Å². The number of rotatable bonds is 0. The van der Waals surface area contributed by atoms with Crippen LogP contribution in [0.25, 0.3) is 0 Å². The maximum atomic E-state index is 12.8. The smallest absolute Gasteiger partial charge is 0.163 e. The van der Waals surface area contributed by atoms with Crippen LogP contribution in [-0.2, 0) is 6.42 Å². The monoisotopic (exact) mass is 312 g/mol. The molecule has 0 spiro atoms. The first kappa shape index (κ1) is 17.7. The van der Waals surface area contributed by atoms with Gasteiger partial charge in [0.25, 0.3) is 0 Å². The Morgan fingerprint density at radius 1 is 1.04 bits per heavy atom. The Balaban J connectivity index is 2.38. The van der Waals surface area contributed by atoms with Gasteiger partial charge in [-0.1, -0.05) is 48.9 Å². The largest absolute Gasteiger partial charge is 0.389 e. The molecule has 2 nitrogen and oxygen atoms in total. The Hall–Kier alpha value is -1.67. The zero-order valence-corrected chi connectivity index (χ0v) is 14.5. The topological polar surface area (TPSA) is 37.3 Å². The SMILES string of the molecule is Cc1cc(C)c2c(c1)CC(O)/C=C/CC/C=C/CC(C)CC2=O. The fraction of sp³-hybridized carbons (Fsp3) is 0.476. The van der Waals surface area contributed by atoms with E-state index >= 15 is 0 Å². The van der Waals surface area contributed by atoms with E-state index in [2.05, 4.69) is 25.1 Å². The van der Waals surface area contributed by atoms with Crippen molar-refractivity contribution in [3.63, 3.8) is 0 Å². The average molecular weight is 312 g/mol. The summed E-state index contributed by atoms with van der Waals surface area (Å²) in [6, 6.07) is 4.11. The number of fused-ring (bicyclic) bond motifs is 1. The Kier molecular flexibility index (Phi) is 6.35. The van der Waals surface area contributed by atoms with Gasteiger partial charge in [-0.05, 0) is 50.2 Å². The second kappa shape index (κ2) is 8.26. The summed E-state index contributed by atoms with van der Waals surface area (Å²) < 4.78 is 0. The molecule has 0 aliphatic heterocycles. The van der Waals surface area contributed by atoms with E-state index in [1.807, 2.05) is 32.1 Å². The summed E-state index contributed by atoms with van der Waals surface area (Å²) in [5.41, 5.74) is 3.96. The van der Waals surface area contributed by atoms with E-state index in [9.17, 15) is 9.90 Å². The standard InChI is InChI=1S/C21H28O2/c1-15-9-7-5-4-6-8-10-19(22)14-18-12-16(2)11-17(3)21(18)20(23)13-15/h5,7-8,10-12,15,19,22H,4,6,9,13-14H2,1-3H3/b7-5+,10-8+. The zero-order valence-electron chi connectivity index (χ0n) is 14.5. The van der Waals surface area contributed by atoms with Crippen LogP contribution in [-0.4, -0.2) is 17.0 Å². The highest BCUT2D eigenvalue weighted by Crippen LogP contribution is 2.23. The Morgan fingerprint density at radius 3 is 2.57 bits per heavy atom. The Bertz CT molecular complexity index is 611. The van der Waals surface area contributed by atoms with Crippen LogP contribution in [0, 0.1) is 19.8 Å². The maximum absolute atomic E-state index is 12.8. The lowest BCUT2D eigenvalue weighted by atomic mass is 9.88. The predicted molar refractivity (Wildman–Crippen MR) is 95.9 cm³/mol. The first-order chi connectivity index (χ1) is 11.0. The van der Waals surface area contributed by atoms with Crippen LogP contribution in [0.5, 0.6) is 0 Å². The Labute approximate surface area is 139 Å². The van der Waals surface area contributed by atoms with Crippen LogP contribution in [0.15, 0.2) is 36.4 Å². The molecule has 0 bridgehead atoms. The van der Waals surface area contributed by atoms with Crippen molar-refractivity contribution < 1.29 is 9.90 Å². The van der Waals surface area contributed by atoms with Crippen molar-refractivity contribution in [1.82, 2.24) is 0 Å². The molecule has 23 heavy (non-hydrogen) atoms. The summed E-state index contributed by atoms with van der Waals surface area (Å²) in [6.07, 6.45) is 11.6. The fourth-order valence-electron chi connectivity index (χ4n) is 3.30. The number of carbonyl (C=O) groups excluding carboxylic acids is 1. The second-order valence-corrected chi connectivity index (χ2v) is 6.83. The Morgan fingerprint density at radius 2 is 1.78 bits per heavy atom. The van der Waals surface area contributed by atoms with Crippen molar-refractivity contribution in [2.24, 2.45) is 5.92 Å². The minimum absolute atomic E-state index is 0.201. The molecule has 2 heteroatoms. The summed E-state index contributed by atoms with van der Waals surface area (Å²) in [5.74, 6) is 0.544. The molecule has 0 radical (unpaired) electrons. The van der Waals surface area contributed by atoms with Crippen LogP contribution in [0.3, 0.4) is 0 Å². The fourth-order valence-corrected chi connectivity index (χ4v) is 3.30. The first-order valence-corrected chi connectivity index (χ1v) is 8.60. The summed E-state index contributed by atoms with van der Waals surface area (Å²) in [5, 5.41) is 10.3. The molecular weight excluding hydrogens is 284 g/mol. The quantitative estimate of drug-likeness (QED) is 0.704. The number of hydrogen-bond acceptors (Lipinski definition) is 2. The number of allylic oxidation sites excluding steroid dienone is 3. The number of aliphatic hydroxyl groups is 1. The van der Waals surface area contributed by atoms with E-state index in [-0.39, 0.29) is 5.78 Å². The molecule has 0 heterocycles. The number of aryl methyl sites for hydroxylation is 2.